The molecule has 25 heavy (non-hydrogen) atoms. The minimum absolute atomic E-state index is 0.0905. The second-order valence-electron chi connectivity index (χ2n) is 6.78. The van der Waals surface area contributed by atoms with Gasteiger partial charge in [-0.15, -0.1) is 5.10 Å². The molecule has 1 amide bonds. The van der Waals surface area contributed by atoms with E-state index in [9.17, 15) is 9.18 Å². The molecule has 0 saturated carbocycles. The fraction of sp³-hybridized carbons (Fsp3) is 0.500. The second kappa shape index (κ2) is 6.92. The summed E-state index contributed by atoms with van der Waals surface area (Å²) >= 11 is 0. The first-order valence-electron chi connectivity index (χ1n) is 8.91. The molecule has 2 aliphatic rings. The number of nitrogens with zero attached hydrogens (tertiary/aromatic N) is 4. The van der Waals surface area contributed by atoms with Crippen LogP contribution in [0.15, 0.2) is 30.5 Å². The number of nitrogens with one attached hydrogen (secondary N) is 1. The number of halogens is 1. The molecule has 7 heteroatoms. The van der Waals surface area contributed by atoms with Gasteiger partial charge in [0.15, 0.2) is 5.69 Å². The van der Waals surface area contributed by atoms with Gasteiger partial charge in [0.1, 0.15) is 5.82 Å². The number of hydrogen-bond acceptors (Lipinski definition) is 4. The largest absolute Gasteiger partial charge is 0.330 e. The highest BCUT2D eigenvalue weighted by Gasteiger charge is 2.32. The number of piperidine rings is 1. The van der Waals surface area contributed by atoms with Crippen molar-refractivity contribution in [3.05, 3.63) is 47.5 Å². The number of carbonyl (C=O) groups excluding carboxylic acids is 1. The molecular weight excluding hydrogens is 321 g/mol. The van der Waals surface area contributed by atoms with Crippen LogP contribution in [0.2, 0.25) is 0 Å². The summed E-state index contributed by atoms with van der Waals surface area (Å²) in [5.41, 5.74) is 1.22. The Kier molecular flexibility index (Phi) is 4.48. The van der Waals surface area contributed by atoms with Gasteiger partial charge in [0, 0.05) is 6.54 Å². The summed E-state index contributed by atoms with van der Waals surface area (Å²) in [4.78, 5) is 14.7. The lowest BCUT2D eigenvalue weighted by molar-refractivity contribution is 0.0729. The maximum absolute atomic E-state index is 13.5. The van der Waals surface area contributed by atoms with Crippen LogP contribution < -0.4 is 5.32 Å². The Labute approximate surface area is 146 Å². The van der Waals surface area contributed by atoms with Gasteiger partial charge in [-0.3, -0.25) is 4.79 Å². The zero-order valence-electron chi connectivity index (χ0n) is 14.1. The molecule has 4 rings (SSSR count). The van der Waals surface area contributed by atoms with E-state index in [4.69, 9.17) is 0 Å². The van der Waals surface area contributed by atoms with Crippen molar-refractivity contribution in [1.82, 2.24) is 25.2 Å². The Bertz CT molecular complexity index is 755. The van der Waals surface area contributed by atoms with Crippen LogP contribution in [0.5, 0.6) is 0 Å². The number of benzene rings is 1. The number of rotatable bonds is 3. The lowest BCUT2D eigenvalue weighted by Gasteiger charge is -2.24. The fourth-order valence-electron chi connectivity index (χ4n) is 3.84. The summed E-state index contributed by atoms with van der Waals surface area (Å²) in [6, 6.07) is 6.72. The van der Waals surface area contributed by atoms with Crippen molar-refractivity contribution in [2.45, 2.75) is 37.8 Å². The van der Waals surface area contributed by atoms with E-state index in [0.29, 0.717) is 18.3 Å². The molecule has 6 nitrogen and oxygen atoms in total. The number of hydrogen-bond donors (Lipinski definition) is 1. The molecule has 2 aromatic rings. The minimum Gasteiger partial charge on any atom is -0.330 e. The molecule has 2 aliphatic heterocycles. The van der Waals surface area contributed by atoms with Gasteiger partial charge in [0.05, 0.1) is 18.3 Å². The lowest BCUT2D eigenvalue weighted by Crippen LogP contribution is -2.31. The van der Waals surface area contributed by atoms with Crippen LogP contribution in [-0.4, -0.2) is 45.4 Å². The van der Waals surface area contributed by atoms with E-state index in [2.05, 4.69) is 15.6 Å². The highest BCUT2D eigenvalue weighted by Crippen LogP contribution is 2.33. The van der Waals surface area contributed by atoms with E-state index < -0.39 is 0 Å². The van der Waals surface area contributed by atoms with Crippen LogP contribution in [0.25, 0.3) is 0 Å². The van der Waals surface area contributed by atoms with Crippen molar-refractivity contribution in [2.24, 2.45) is 0 Å². The highest BCUT2D eigenvalue weighted by atomic mass is 19.1. The van der Waals surface area contributed by atoms with E-state index in [0.717, 1.165) is 44.3 Å². The smallest absolute Gasteiger partial charge is 0.276 e. The van der Waals surface area contributed by atoms with Gasteiger partial charge >= 0.3 is 0 Å². The van der Waals surface area contributed by atoms with Gasteiger partial charge in [-0.2, -0.15) is 0 Å². The molecular formula is C18H22FN5O. The molecule has 1 atom stereocenters. The average molecular weight is 343 g/mol. The van der Waals surface area contributed by atoms with Crippen molar-refractivity contribution in [1.29, 1.82) is 0 Å². The molecule has 1 aromatic heterocycles. The molecule has 3 heterocycles. The van der Waals surface area contributed by atoms with Gasteiger partial charge in [-0.05, 0) is 56.5 Å². The molecule has 1 N–H and O–H groups in total. The maximum atomic E-state index is 13.5. The van der Waals surface area contributed by atoms with Crippen LogP contribution in [-0.2, 0) is 0 Å². The normalized spacial score (nSPS) is 21.6. The van der Waals surface area contributed by atoms with Crippen molar-refractivity contribution in [3.8, 4) is 0 Å². The predicted octanol–water partition coefficient (Wildman–Crippen LogP) is 2.32. The molecule has 2 saturated heterocycles. The highest BCUT2D eigenvalue weighted by molar-refractivity contribution is 5.92. The van der Waals surface area contributed by atoms with Crippen LogP contribution >= 0.6 is 0 Å². The Morgan fingerprint density at radius 2 is 2.08 bits per heavy atom. The maximum Gasteiger partial charge on any atom is 0.276 e. The topological polar surface area (TPSA) is 63.1 Å². The summed E-state index contributed by atoms with van der Waals surface area (Å²) in [5.74, 6) is -0.388. The Hall–Kier alpha value is -2.28. The van der Waals surface area contributed by atoms with E-state index in [-0.39, 0.29) is 17.8 Å². The van der Waals surface area contributed by atoms with Crippen molar-refractivity contribution in [2.75, 3.05) is 19.6 Å². The summed E-state index contributed by atoms with van der Waals surface area (Å²) in [6.07, 6.45) is 5.51. The first kappa shape index (κ1) is 16.2. The molecule has 0 radical (unpaired) electrons. The number of carbonyl (C=O) groups is 1. The Balaban J connectivity index is 1.52. The zero-order chi connectivity index (χ0) is 17.2. The first-order valence-corrected chi connectivity index (χ1v) is 8.91. The van der Waals surface area contributed by atoms with Crippen molar-refractivity contribution in [3.63, 3.8) is 0 Å². The predicted molar refractivity (Wildman–Crippen MR) is 90.6 cm³/mol. The van der Waals surface area contributed by atoms with Crippen molar-refractivity contribution >= 4 is 5.91 Å². The molecule has 132 valence electrons. The van der Waals surface area contributed by atoms with Gasteiger partial charge in [-0.1, -0.05) is 17.3 Å². The van der Waals surface area contributed by atoms with Crippen LogP contribution in [0, 0.1) is 5.82 Å². The molecule has 0 spiro atoms. The summed E-state index contributed by atoms with van der Waals surface area (Å²) in [5, 5.41) is 11.6. The minimum atomic E-state index is -0.270. The number of aromatic nitrogens is 3. The monoisotopic (exact) mass is 343 g/mol. The standard InChI is InChI=1S/C18H22FN5O/c19-14-4-1-3-13(11-14)17-5-2-10-23(17)18(25)16-12-24(22-21-16)15-6-8-20-9-7-15/h1,3-4,11-12,15,17,20H,2,5-10H2. The van der Waals surface area contributed by atoms with Gasteiger partial charge in [-0.25, -0.2) is 9.07 Å². The fourth-order valence-corrected chi connectivity index (χ4v) is 3.84. The van der Waals surface area contributed by atoms with Gasteiger partial charge in [0.2, 0.25) is 0 Å². The summed E-state index contributed by atoms with van der Waals surface area (Å²) in [6.45, 7) is 2.59. The van der Waals surface area contributed by atoms with Gasteiger partial charge < -0.3 is 10.2 Å². The quantitative estimate of drug-likeness (QED) is 0.929. The second-order valence-corrected chi connectivity index (χ2v) is 6.78. The SMILES string of the molecule is O=C(c1cn(C2CCNCC2)nn1)N1CCCC1c1cccc(F)c1. The van der Waals surface area contributed by atoms with E-state index >= 15 is 0 Å². The molecule has 1 aromatic carbocycles. The number of amides is 1. The third-order valence-electron chi connectivity index (χ3n) is 5.16. The lowest BCUT2D eigenvalue weighted by atomic mass is 10.0. The van der Waals surface area contributed by atoms with E-state index in [1.54, 1.807) is 17.2 Å². The number of likely N-dealkylation sites (tertiary alicyclic amines) is 1. The molecule has 0 aliphatic carbocycles. The Morgan fingerprint density at radius 1 is 1.24 bits per heavy atom. The molecule has 1 unspecified atom stereocenters. The van der Waals surface area contributed by atoms with E-state index in [1.807, 2.05) is 10.7 Å². The Morgan fingerprint density at radius 3 is 2.88 bits per heavy atom. The summed E-state index contributed by atoms with van der Waals surface area (Å²) in [7, 11) is 0. The van der Waals surface area contributed by atoms with E-state index in [1.165, 1.54) is 12.1 Å². The summed E-state index contributed by atoms with van der Waals surface area (Å²) < 4.78 is 15.4. The van der Waals surface area contributed by atoms with Gasteiger partial charge in [0.25, 0.3) is 5.91 Å². The zero-order valence-corrected chi connectivity index (χ0v) is 14.1. The van der Waals surface area contributed by atoms with Crippen LogP contribution in [0.3, 0.4) is 0 Å². The molecule has 2 fully saturated rings. The van der Waals surface area contributed by atoms with Crippen LogP contribution in [0.4, 0.5) is 4.39 Å². The average Bonchev–Trinajstić information content (AvgIpc) is 3.32. The van der Waals surface area contributed by atoms with Crippen molar-refractivity contribution < 1.29 is 9.18 Å². The first-order chi connectivity index (χ1) is 12.2. The van der Waals surface area contributed by atoms with Crippen LogP contribution in [0.1, 0.15) is 53.8 Å². The third kappa shape index (κ3) is 3.28. The third-order valence-corrected chi connectivity index (χ3v) is 5.16. The molecule has 0 bridgehead atoms.